The maximum atomic E-state index is 13.5. The number of hydrogen-bond donors (Lipinski definition) is 15. The van der Waals surface area contributed by atoms with E-state index in [1.165, 1.54) is 13.8 Å². The summed E-state index contributed by atoms with van der Waals surface area (Å²) in [7, 11) is 0. The molecule has 0 spiro atoms. The number of ketones is 2. The van der Waals surface area contributed by atoms with Gasteiger partial charge in [-0.25, -0.2) is 0 Å². The third kappa shape index (κ3) is 46.0. The van der Waals surface area contributed by atoms with Gasteiger partial charge >= 0.3 is 0 Å². The van der Waals surface area contributed by atoms with Gasteiger partial charge in [-0.05, 0) is 126 Å². The van der Waals surface area contributed by atoms with Crippen LogP contribution in [0.15, 0.2) is 10.3 Å². The van der Waals surface area contributed by atoms with Gasteiger partial charge in [-0.1, -0.05) is 10.3 Å². The highest BCUT2D eigenvalue weighted by Gasteiger charge is 2.28. The van der Waals surface area contributed by atoms with E-state index >= 15 is 0 Å². The largest absolute Gasteiger partial charge is 0.411 e. The average Bonchev–Trinajstić information content (AvgIpc) is 3.70. The van der Waals surface area contributed by atoms with E-state index in [9.17, 15) is 63.2 Å². The highest BCUT2D eigenvalue weighted by atomic mass is 16.5. The molecular weight excluding hydrogens is 1190 g/mol. The van der Waals surface area contributed by atoms with Crippen molar-refractivity contribution >= 4 is 76.2 Å². The van der Waals surface area contributed by atoms with E-state index in [2.05, 4.69) is 68.8 Å². The quantitative estimate of drug-likeness (QED) is 0.0135. The molecule has 0 heterocycles. The van der Waals surface area contributed by atoms with Crippen molar-refractivity contribution in [3.8, 4) is 0 Å². The smallest absolute Gasteiger partial charge is 0.246 e. The molecule has 0 rings (SSSR count). The molecule has 522 valence electrons. The zero-order chi connectivity index (χ0) is 68.5. The molecule has 32 heteroatoms. The second-order valence-corrected chi connectivity index (χ2v) is 23.1. The molecule has 0 bridgehead atoms. The molecule has 0 aromatic heterocycles. The highest BCUT2D eigenvalue weighted by molar-refractivity contribution is 5.91. The number of oxime groups is 2. The van der Waals surface area contributed by atoms with E-state index in [0.717, 1.165) is 0 Å². The minimum atomic E-state index is -0.935. The van der Waals surface area contributed by atoms with Crippen LogP contribution in [0.3, 0.4) is 0 Å². The molecule has 0 fully saturated rings. The summed E-state index contributed by atoms with van der Waals surface area (Å²) in [6, 6.07) is -2.73. The fraction of sp³-hybridized carbons (Fsp3) is 0.780. The molecule has 0 saturated carbocycles. The van der Waals surface area contributed by atoms with Crippen LogP contribution in [-0.2, 0) is 71.7 Å². The molecule has 3 atom stereocenters. The topological polar surface area (TPSA) is 474 Å². The number of nitrogens with one attached hydrogen (secondary N) is 11. The molecule has 0 aliphatic carbocycles. The van der Waals surface area contributed by atoms with Crippen molar-refractivity contribution in [3.63, 3.8) is 0 Å². The predicted molar refractivity (Wildman–Crippen MR) is 339 cm³/mol. The summed E-state index contributed by atoms with van der Waals surface area (Å²) < 4.78 is 21.5. The van der Waals surface area contributed by atoms with Gasteiger partial charge in [-0.15, -0.1) is 0 Å². The standard InChI is InChI=1S/C59H109N15O17/c1-41(75)35-67-46(55(60)83)17-9-12-25-63-53(81)39-90-33-32-89-30-28-65-54(82)40-91-34-31-88-29-27-64-50(78)21-15-20-49(77)62-24-13-11-19-48(57(85)66-26-14-10-18-47(56(61)84)68-36-42(2)76)72-52(80)23-16-22-51(79)71-45(37-69-58(5,6)43(3)73-86)38-70-59(7,8)44(4)74-87/h45-48,67-70,86-87H,9-40H2,1-8H3,(H2,60,83)(H2,61,84)(H,62,77)(H,63,81)(H,64,78)(H,65,82)(H,66,85)(H,71,79)(H,72,80)/b73-43+,74-44+/t46-,47-,48-/m0/s1. The third-order valence-electron chi connectivity index (χ3n) is 14.3. The number of amides is 9. The summed E-state index contributed by atoms with van der Waals surface area (Å²) in [4.78, 5) is 135. The van der Waals surface area contributed by atoms with Crippen molar-refractivity contribution in [1.82, 2.24) is 58.5 Å². The normalized spacial score (nSPS) is 12.9. The maximum Gasteiger partial charge on any atom is 0.246 e. The maximum absolute atomic E-state index is 13.5. The van der Waals surface area contributed by atoms with Gasteiger partial charge in [0.2, 0.25) is 53.2 Å². The lowest BCUT2D eigenvalue weighted by molar-refractivity contribution is -0.129. The number of hydrogen-bond acceptors (Lipinski definition) is 23. The van der Waals surface area contributed by atoms with Gasteiger partial charge in [0, 0.05) is 71.5 Å². The van der Waals surface area contributed by atoms with Gasteiger partial charge in [-0.2, -0.15) is 0 Å². The summed E-state index contributed by atoms with van der Waals surface area (Å²) in [5.74, 6) is -3.76. The van der Waals surface area contributed by atoms with Gasteiger partial charge in [0.25, 0.3) is 0 Å². The van der Waals surface area contributed by atoms with E-state index < -0.39 is 58.9 Å². The van der Waals surface area contributed by atoms with Gasteiger partial charge in [-0.3, -0.25) is 63.4 Å². The minimum Gasteiger partial charge on any atom is -0.411 e. The molecule has 0 aliphatic heterocycles. The zero-order valence-electron chi connectivity index (χ0n) is 55.0. The van der Waals surface area contributed by atoms with Crippen molar-refractivity contribution < 1.29 is 82.1 Å². The number of nitrogens with two attached hydrogens (primary N) is 2. The summed E-state index contributed by atoms with van der Waals surface area (Å²) >= 11 is 0. The highest BCUT2D eigenvalue weighted by Crippen LogP contribution is 2.10. The number of unbranched alkanes of at least 4 members (excludes halogenated alkanes) is 3. The lowest BCUT2D eigenvalue weighted by Crippen LogP contribution is -2.57. The Balaban J connectivity index is 4.68. The van der Waals surface area contributed by atoms with Crippen LogP contribution < -0.4 is 70.0 Å². The Labute approximate surface area is 535 Å². The van der Waals surface area contributed by atoms with Crippen molar-refractivity contribution in [2.24, 2.45) is 21.8 Å². The van der Waals surface area contributed by atoms with Crippen LogP contribution in [0.1, 0.15) is 152 Å². The lowest BCUT2D eigenvalue weighted by atomic mass is 9.98. The molecule has 0 radical (unpaired) electrons. The predicted octanol–water partition coefficient (Wildman–Crippen LogP) is -2.04. The van der Waals surface area contributed by atoms with Crippen LogP contribution in [0.5, 0.6) is 0 Å². The first-order valence-corrected chi connectivity index (χ1v) is 31.3. The van der Waals surface area contributed by atoms with E-state index in [4.69, 9.17) is 30.4 Å². The second-order valence-electron chi connectivity index (χ2n) is 23.1. The molecule has 0 saturated heterocycles. The molecule has 17 N–H and O–H groups in total. The van der Waals surface area contributed by atoms with E-state index in [1.54, 1.807) is 13.8 Å². The van der Waals surface area contributed by atoms with Crippen molar-refractivity contribution in [2.75, 3.05) is 112 Å². The molecule has 0 aromatic rings. The van der Waals surface area contributed by atoms with Crippen LogP contribution in [0.2, 0.25) is 0 Å². The molecule has 91 heavy (non-hydrogen) atoms. The van der Waals surface area contributed by atoms with Gasteiger partial charge in [0.05, 0.1) is 93.4 Å². The summed E-state index contributed by atoms with van der Waals surface area (Å²) in [5.41, 5.74) is 10.3. The Morgan fingerprint density at radius 3 is 1.18 bits per heavy atom. The second kappa shape index (κ2) is 50.8. The number of nitrogens with zero attached hydrogens (tertiary/aromatic N) is 2. The molecule has 0 unspecified atom stereocenters. The monoisotopic (exact) mass is 1300 g/mol. The van der Waals surface area contributed by atoms with E-state index in [-0.39, 0.29) is 185 Å². The van der Waals surface area contributed by atoms with Crippen molar-refractivity contribution in [3.05, 3.63) is 0 Å². The molecule has 32 nitrogen and oxygen atoms in total. The summed E-state index contributed by atoms with van der Waals surface area (Å²) in [5, 5.41) is 57.0. The average molecular weight is 1300 g/mol. The number of primary amides is 2. The van der Waals surface area contributed by atoms with Crippen LogP contribution in [0.4, 0.5) is 0 Å². The summed E-state index contributed by atoms with van der Waals surface area (Å²) in [6.45, 7) is 16.2. The lowest BCUT2D eigenvalue weighted by Gasteiger charge is -2.32. The fourth-order valence-corrected chi connectivity index (χ4v) is 8.10. The molecule has 9 amide bonds. The van der Waals surface area contributed by atoms with Gasteiger partial charge < -0.3 is 88.7 Å². The SMILES string of the molecule is CC(=O)CN[C@@H](CCCCNC(=O)COCCOCCNC(=O)COCCOCCNC(=O)CCCC(=O)NCCCC[C@H](NC(=O)CCCC(=O)NC(CNC(C)(C)/C(C)=N/O)CNC(C)(C)/C(C)=N/O)C(=O)NCCCC[C@H](NCC(C)=O)C(N)=O)C(N)=O. The number of rotatable bonds is 58. The fourth-order valence-electron chi connectivity index (χ4n) is 8.10. The van der Waals surface area contributed by atoms with Crippen LogP contribution >= 0.6 is 0 Å². The number of ether oxygens (including phenoxy) is 4. The Morgan fingerprint density at radius 2 is 0.769 bits per heavy atom. The Bertz CT molecular complexity index is 2240. The molecular formula is C59H109N15O17. The summed E-state index contributed by atoms with van der Waals surface area (Å²) in [6.07, 6.45) is 4.77. The van der Waals surface area contributed by atoms with Crippen LogP contribution in [-0.4, -0.2) is 234 Å². The minimum absolute atomic E-state index is 0.00535. The van der Waals surface area contributed by atoms with Crippen LogP contribution in [0, 0.1) is 0 Å². The molecule has 0 aromatic carbocycles. The number of carbonyl (C=O) groups is 11. The third-order valence-corrected chi connectivity index (χ3v) is 14.3. The van der Waals surface area contributed by atoms with E-state index in [1.807, 2.05) is 27.7 Å². The van der Waals surface area contributed by atoms with Gasteiger partial charge in [0.15, 0.2) is 0 Å². The first-order valence-electron chi connectivity index (χ1n) is 31.3. The first-order chi connectivity index (χ1) is 43.1. The Hall–Kier alpha value is -6.81. The zero-order valence-corrected chi connectivity index (χ0v) is 55.0. The van der Waals surface area contributed by atoms with E-state index in [0.29, 0.717) is 75.8 Å². The number of carbonyl (C=O) groups excluding carboxylic acids is 11. The van der Waals surface area contributed by atoms with Crippen molar-refractivity contribution in [1.29, 1.82) is 0 Å². The van der Waals surface area contributed by atoms with Crippen LogP contribution in [0.25, 0.3) is 0 Å². The van der Waals surface area contributed by atoms with Gasteiger partial charge in [0.1, 0.15) is 30.8 Å². The molecule has 0 aliphatic rings. The Morgan fingerprint density at radius 1 is 0.418 bits per heavy atom. The van der Waals surface area contributed by atoms with Crippen molar-refractivity contribution in [2.45, 2.75) is 187 Å². The number of Topliss-reactive ketones (excluding diaryl/α,β-unsaturated/α-hetero) is 2. The first kappa shape index (κ1) is 84.2. The Kier molecular flexibility index (Phi) is 47.0.